The predicted octanol–water partition coefficient (Wildman–Crippen LogP) is 8.65. The number of carbonyl (C=O) groups excluding carboxylic acids is 4. The fraction of sp³-hybridized carbons (Fsp3) is 0.458. The molecule has 328 valence electrons. The van der Waals surface area contributed by atoms with Crippen LogP contribution in [-0.4, -0.2) is 93.1 Å². The molecule has 4 atom stereocenters. The SMILES string of the molecule is COC(=O)N[C@H](C(=O)N1CC(C)(C)CC1c1ncc(-c2ccc(-c3ccc(-c4ccc5nc(C6CC(C)(C)CN6C(=O)[C@@H](NC(=O)OC)C(C)C)[nH]c5c4)cc3)cc2)[nH]1)C(C)C. The van der Waals surface area contributed by atoms with Crippen molar-refractivity contribution in [2.75, 3.05) is 27.3 Å². The molecule has 14 heteroatoms. The number of aromatic amines is 2. The van der Waals surface area contributed by atoms with Gasteiger partial charge >= 0.3 is 12.2 Å². The highest BCUT2D eigenvalue weighted by Crippen LogP contribution is 2.44. The van der Waals surface area contributed by atoms with Crippen LogP contribution in [0.5, 0.6) is 0 Å². The Bertz CT molecular complexity index is 2430. The molecule has 0 saturated carbocycles. The molecule has 5 aromatic rings. The lowest BCUT2D eigenvalue weighted by Gasteiger charge is -2.30. The molecule has 0 bridgehead atoms. The second-order valence-electron chi connectivity index (χ2n) is 19.1. The fourth-order valence-corrected chi connectivity index (χ4v) is 8.96. The Hall–Kier alpha value is -6.18. The summed E-state index contributed by atoms with van der Waals surface area (Å²) in [6.45, 7) is 17.3. The molecule has 2 fully saturated rings. The first kappa shape index (κ1) is 43.9. The molecule has 4 amide bonds. The molecule has 2 aromatic heterocycles. The molecule has 14 nitrogen and oxygen atoms in total. The number of nitrogens with one attached hydrogen (secondary N) is 4. The second-order valence-corrected chi connectivity index (χ2v) is 19.1. The zero-order valence-electron chi connectivity index (χ0n) is 37.5. The zero-order valence-corrected chi connectivity index (χ0v) is 37.5. The smallest absolute Gasteiger partial charge is 0.407 e. The van der Waals surface area contributed by atoms with Crippen LogP contribution in [0.1, 0.15) is 92.0 Å². The summed E-state index contributed by atoms with van der Waals surface area (Å²) in [5.41, 5.74) is 7.52. The molecular weight excluding hydrogens is 785 g/mol. The maximum Gasteiger partial charge on any atom is 0.407 e. The van der Waals surface area contributed by atoms with Gasteiger partial charge in [0.1, 0.15) is 23.7 Å². The third-order valence-corrected chi connectivity index (χ3v) is 12.3. The van der Waals surface area contributed by atoms with Crippen LogP contribution in [0.2, 0.25) is 0 Å². The van der Waals surface area contributed by atoms with Gasteiger partial charge in [0.15, 0.2) is 0 Å². The summed E-state index contributed by atoms with van der Waals surface area (Å²) in [4.78, 5) is 72.4. The summed E-state index contributed by atoms with van der Waals surface area (Å²) in [7, 11) is 2.59. The number of H-pyrrole nitrogens is 2. The number of alkyl carbamates (subject to hydrolysis) is 2. The Balaban J connectivity index is 1.05. The molecule has 7 rings (SSSR count). The molecular formula is C48H60N8O6. The van der Waals surface area contributed by atoms with E-state index in [-0.39, 0.29) is 46.6 Å². The van der Waals surface area contributed by atoms with Gasteiger partial charge in [-0.15, -0.1) is 0 Å². The fourth-order valence-electron chi connectivity index (χ4n) is 8.96. The number of imidazole rings is 2. The Kier molecular flexibility index (Phi) is 12.2. The van der Waals surface area contributed by atoms with Gasteiger partial charge in [-0.05, 0) is 75.5 Å². The summed E-state index contributed by atoms with van der Waals surface area (Å²) in [5, 5.41) is 5.46. The standard InChI is InChI=1S/C48H60N8O6/c1-27(2)39(53-45(59)61-9)43(57)55-25-47(5,6)22-37(55)41-49-24-36(52-41)32-17-15-30(16-18-32)29-11-13-31(14-12-29)33-19-20-34-35(21-33)51-42(50-34)38-23-48(7,8)26-56(38)44(58)40(28(3)4)54-46(60)62-10/h11-21,24,27-28,37-40H,22-23,25-26H2,1-10H3,(H,49,52)(H,50,51)(H,53,59)(H,54,60)/t37?,38?,39-,40-/m0/s1. The minimum Gasteiger partial charge on any atom is -0.453 e. The van der Waals surface area contributed by atoms with Crippen LogP contribution < -0.4 is 10.6 Å². The molecule has 2 aliphatic rings. The molecule has 2 saturated heterocycles. The number of fused-ring (bicyclic) bond motifs is 1. The van der Waals surface area contributed by atoms with E-state index in [0.717, 1.165) is 63.2 Å². The third kappa shape index (κ3) is 9.19. The summed E-state index contributed by atoms with van der Waals surface area (Å²) in [6, 6.07) is 21.0. The number of nitrogens with zero attached hydrogens (tertiary/aromatic N) is 4. The quantitative estimate of drug-likeness (QED) is 0.102. The van der Waals surface area contributed by atoms with E-state index in [0.29, 0.717) is 18.9 Å². The topological polar surface area (TPSA) is 175 Å². The highest BCUT2D eigenvalue weighted by atomic mass is 16.5. The average molecular weight is 845 g/mol. The van der Waals surface area contributed by atoms with Gasteiger partial charge in [-0.1, -0.05) is 110 Å². The minimum atomic E-state index is -0.718. The van der Waals surface area contributed by atoms with Crippen LogP contribution in [0.4, 0.5) is 9.59 Å². The summed E-state index contributed by atoms with van der Waals surface area (Å²) < 4.78 is 9.62. The van der Waals surface area contributed by atoms with Crippen LogP contribution in [0.25, 0.3) is 44.5 Å². The number of likely N-dealkylation sites (tertiary alicyclic amines) is 2. The number of methoxy groups -OCH3 is 2. The van der Waals surface area contributed by atoms with Crippen molar-refractivity contribution in [2.24, 2.45) is 22.7 Å². The Labute approximate surface area is 363 Å². The van der Waals surface area contributed by atoms with E-state index >= 15 is 0 Å². The minimum absolute atomic E-state index is 0.125. The Morgan fingerprint density at radius 2 is 1.08 bits per heavy atom. The molecule has 2 unspecified atom stereocenters. The van der Waals surface area contributed by atoms with Crippen molar-refractivity contribution in [3.63, 3.8) is 0 Å². The Morgan fingerprint density at radius 3 is 1.55 bits per heavy atom. The lowest BCUT2D eigenvalue weighted by Crippen LogP contribution is -2.51. The molecule has 0 radical (unpaired) electrons. The van der Waals surface area contributed by atoms with Gasteiger partial charge in [-0.2, -0.15) is 0 Å². The summed E-state index contributed by atoms with van der Waals surface area (Å²) in [5.74, 6) is 0.893. The molecule has 3 aromatic carbocycles. The lowest BCUT2D eigenvalue weighted by atomic mass is 9.90. The second kappa shape index (κ2) is 17.3. The highest BCUT2D eigenvalue weighted by Gasteiger charge is 2.46. The first-order valence-electron chi connectivity index (χ1n) is 21.4. The first-order chi connectivity index (χ1) is 29.4. The van der Waals surface area contributed by atoms with Gasteiger partial charge in [0.05, 0.1) is 49.2 Å². The monoisotopic (exact) mass is 844 g/mol. The van der Waals surface area contributed by atoms with Gasteiger partial charge < -0.3 is 39.9 Å². The average Bonchev–Trinajstić information content (AvgIpc) is 4.04. The van der Waals surface area contributed by atoms with Crippen molar-refractivity contribution in [1.29, 1.82) is 0 Å². The Morgan fingerprint density at radius 1 is 0.645 bits per heavy atom. The van der Waals surface area contributed by atoms with E-state index in [2.05, 4.69) is 109 Å². The number of hydrogen-bond acceptors (Lipinski definition) is 8. The van der Waals surface area contributed by atoms with Crippen molar-refractivity contribution in [3.8, 4) is 33.5 Å². The van der Waals surface area contributed by atoms with Crippen LogP contribution in [-0.2, 0) is 19.1 Å². The molecule has 0 spiro atoms. The largest absolute Gasteiger partial charge is 0.453 e. The molecule has 4 heterocycles. The van der Waals surface area contributed by atoms with E-state index in [1.807, 2.05) is 49.8 Å². The zero-order chi connectivity index (χ0) is 44.7. The summed E-state index contributed by atoms with van der Waals surface area (Å²) in [6.07, 6.45) is 2.03. The van der Waals surface area contributed by atoms with E-state index in [9.17, 15) is 19.2 Å². The number of hydrogen-bond donors (Lipinski definition) is 4. The maximum atomic E-state index is 13.9. The number of aromatic nitrogens is 4. The molecule has 0 aliphatic carbocycles. The van der Waals surface area contributed by atoms with Gasteiger partial charge in [-0.3, -0.25) is 9.59 Å². The van der Waals surface area contributed by atoms with Gasteiger partial charge in [0, 0.05) is 13.1 Å². The lowest BCUT2D eigenvalue weighted by molar-refractivity contribution is -0.136. The number of carbonyl (C=O) groups is 4. The number of ether oxygens (including phenoxy) is 2. The van der Waals surface area contributed by atoms with Crippen molar-refractivity contribution in [2.45, 2.75) is 92.4 Å². The highest BCUT2D eigenvalue weighted by molar-refractivity contribution is 5.88. The third-order valence-electron chi connectivity index (χ3n) is 12.3. The number of rotatable bonds is 11. The van der Waals surface area contributed by atoms with Gasteiger partial charge in [-0.25, -0.2) is 19.6 Å². The summed E-state index contributed by atoms with van der Waals surface area (Å²) >= 11 is 0. The van der Waals surface area contributed by atoms with Crippen LogP contribution in [0, 0.1) is 22.7 Å². The first-order valence-corrected chi connectivity index (χ1v) is 21.4. The van der Waals surface area contributed by atoms with E-state index in [1.165, 1.54) is 14.2 Å². The van der Waals surface area contributed by atoms with Crippen molar-refractivity contribution < 1.29 is 28.7 Å². The van der Waals surface area contributed by atoms with Gasteiger partial charge in [0.25, 0.3) is 0 Å². The van der Waals surface area contributed by atoms with Gasteiger partial charge in [0.2, 0.25) is 11.8 Å². The van der Waals surface area contributed by atoms with Crippen molar-refractivity contribution in [1.82, 2.24) is 40.4 Å². The molecule has 4 N–H and O–H groups in total. The van der Waals surface area contributed by atoms with Crippen LogP contribution >= 0.6 is 0 Å². The molecule has 2 aliphatic heterocycles. The van der Waals surface area contributed by atoms with E-state index in [1.54, 1.807) is 0 Å². The number of benzene rings is 3. The van der Waals surface area contributed by atoms with E-state index in [4.69, 9.17) is 19.4 Å². The normalized spacial score (nSPS) is 19.2. The van der Waals surface area contributed by atoms with Crippen molar-refractivity contribution >= 4 is 35.0 Å². The van der Waals surface area contributed by atoms with Crippen LogP contribution in [0.15, 0.2) is 72.9 Å². The predicted molar refractivity (Wildman–Crippen MR) is 239 cm³/mol. The maximum absolute atomic E-state index is 13.9. The molecule has 62 heavy (non-hydrogen) atoms. The van der Waals surface area contributed by atoms with Crippen LogP contribution in [0.3, 0.4) is 0 Å². The van der Waals surface area contributed by atoms with E-state index < -0.39 is 24.3 Å². The van der Waals surface area contributed by atoms with Crippen molar-refractivity contribution in [3.05, 3.63) is 84.6 Å². The number of amides is 4.